The molecule has 0 saturated carbocycles. The van der Waals surface area contributed by atoms with Crippen molar-refractivity contribution in [3.63, 3.8) is 0 Å². The van der Waals surface area contributed by atoms with E-state index in [0.29, 0.717) is 12.1 Å². The summed E-state index contributed by atoms with van der Waals surface area (Å²) in [6, 6.07) is 17.7. The number of benzene rings is 2. The van der Waals surface area contributed by atoms with Crippen molar-refractivity contribution < 1.29 is 24.2 Å². The molecule has 1 unspecified atom stereocenters. The normalized spacial score (nSPS) is 17.1. The maximum Gasteiger partial charge on any atom is 0.318 e. The van der Waals surface area contributed by atoms with Gasteiger partial charge in [0.1, 0.15) is 12.0 Å². The van der Waals surface area contributed by atoms with E-state index >= 15 is 0 Å². The number of esters is 1. The Labute approximate surface area is 175 Å². The van der Waals surface area contributed by atoms with Crippen molar-refractivity contribution in [2.45, 2.75) is 19.4 Å². The molecule has 156 valence electrons. The number of allylic oxidation sites excluding steroid dienone is 1. The zero-order valence-corrected chi connectivity index (χ0v) is 16.7. The average Bonchev–Trinajstić information content (AvgIpc) is 2.75. The Morgan fingerprint density at radius 1 is 1.13 bits per heavy atom. The molecule has 0 fully saturated rings. The van der Waals surface area contributed by atoms with Crippen LogP contribution in [0.1, 0.15) is 12.5 Å². The Balaban J connectivity index is 1.89. The quantitative estimate of drug-likeness (QED) is 0.540. The Bertz CT molecular complexity index is 927. The van der Waals surface area contributed by atoms with Gasteiger partial charge in [-0.3, -0.25) is 14.4 Å². The van der Waals surface area contributed by atoms with Crippen LogP contribution >= 0.6 is 0 Å². The van der Waals surface area contributed by atoms with E-state index in [-0.39, 0.29) is 19.1 Å². The molecule has 7 nitrogen and oxygen atoms in total. The first-order valence-electron chi connectivity index (χ1n) is 9.76. The van der Waals surface area contributed by atoms with Crippen molar-refractivity contribution in [1.82, 2.24) is 4.90 Å². The van der Waals surface area contributed by atoms with E-state index in [4.69, 9.17) is 4.74 Å². The lowest BCUT2D eigenvalue weighted by atomic mass is 9.95. The predicted octanol–water partition coefficient (Wildman–Crippen LogP) is 2.70. The highest BCUT2D eigenvalue weighted by atomic mass is 16.5. The summed E-state index contributed by atoms with van der Waals surface area (Å²) in [5.41, 5.74) is 1.53. The number of ether oxygens (including phenoxy) is 1. The Morgan fingerprint density at radius 2 is 1.77 bits per heavy atom. The molecule has 0 radical (unpaired) electrons. The van der Waals surface area contributed by atoms with Gasteiger partial charge in [-0.05, 0) is 24.6 Å². The van der Waals surface area contributed by atoms with E-state index in [9.17, 15) is 19.5 Å². The number of ketones is 1. The van der Waals surface area contributed by atoms with E-state index in [1.165, 1.54) is 11.1 Å². The predicted molar refractivity (Wildman–Crippen MR) is 112 cm³/mol. The molecular formula is C23H24N2O5. The van der Waals surface area contributed by atoms with Crippen LogP contribution in [0.15, 0.2) is 72.6 Å². The third-order valence-electron chi connectivity index (χ3n) is 4.84. The van der Waals surface area contributed by atoms with E-state index in [1.54, 1.807) is 19.1 Å². The fourth-order valence-electron chi connectivity index (χ4n) is 3.33. The number of hydrogen-bond donors (Lipinski definition) is 2. The number of aliphatic hydroxyl groups excluding tert-OH is 1. The minimum atomic E-state index is -1.18. The number of carbonyl (C=O) groups is 3. The molecule has 30 heavy (non-hydrogen) atoms. The van der Waals surface area contributed by atoms with Crippen molar-refractivity contribution in [3.05, 3.63) is 78.2 Å². The highest BCUT2D eigenvalue weighted by Crippen LogP contribution is 2.22. The van der Waals surface area contributed by atoms with Gasteiger partial charge in [-0.15, -0.1) is 0 Å². The van der Waals surface area contributed by atoms with Gasteiger partial charge in [0.25, 0.3) is 0 Å². The van der Waals surface area contributed by atoms with Crippen LogP contribution in [-0.4, -0.2) is 46.9 Å². The van der Waals surface area contributed by atoms with Gasteiger partial charge in [-0.25, -0.2) is 0 Å². The molecule has 2 aromatic carbocycles. The average molecular weight is 408 g/mol. The Kier molecular flexibility index (Phi) is 6.85. The Morgan fingerprint density at radius 3 is 2.40 bits per heavy atom. The van der Waals surface area contributed by atoms with Crippen LogP contribution in [0.3, 0.4) is 0 Å². The molecule has 1 aliphatic rings. The third-order valence-corrected chi connectivity index (χ3v) is 4.84. The molecular weight excluding hydrogens is 384 g/mol. The summed E-state index contributed by atoms with van der Waals surface area (Å²) in [6.07, 6.45) is 1.56. The second-order valence-electron chi connectivity index (χ2n) is 6.94. The first-order valence-corrected chi connectivity index (χ1v) is 9.76. The molecule has 1 amide bonds. The molecule has 1 heterocycles. The van der Waals surface area contributed by atoms with Gasteiger partial charge in [-0.2, -0.15) is 0 Å². The van der Waals surface area contributed by atoms with Crippen LogP contribution in [0, 0.1) is 5.92 Å². The molecule has 3 rings (SSSR count). The van der Waals surface area contributed by atoms with Crippen molar-refractivity contribution in [2.24, 2.45) is 5.92 Å². The number of para-hydroxylation sites is 1. The second-order valence-corrected chi connectivity index (χ2v) is 6.94. The number of nitrogens with zero attached hydrogens (tertiary/aromatic N) is 1. The first-order chi connectivity index (χ1) is 14.5. The van der Waals surface area contributed by atoms with E-state index < -0.39 is 29.5 Å². The van der Waals surface area contributed by atoms with Gasteiger partial charge < -0.3 is 20.1 Å². The smallest absolute Gasteiger partial charge is 0.318 e. The topological polar surface area (TPSA) is 95.9 Å². The number of Topliss-reactive ketones (excluding diaryl/α,β-unsaturated/α-hetero) is 1. The monoisotopic (exact) mass is 408 g/mol. The van der Waals surface area contributed by atoms with Crippen LogP contribution in [0.4, 0.5) is 5.69 Å². The molecule has 2 N–H and O–H groups in total. The van der Waals surface area contributed by atoms with Crippen LogP contribution in [0.5, 0.6) is 0 Å². The lowest BCUT2D eigenvalue weighted by molar-refractivity contribution is -0.153. The molecule has 2 aromatic rings. The Hall–Kier alpha value is -3.61. The van der Waals surface area contributed by atoms with E-state index in [0.717, 1.165) is 5.56 Å². The third kappa shape index (κ3) is 5.05. The maximum atomic E-state index is 13.1. The second kappa shape index (κ2) is 9.73. The van der Waals surface area contributed by atoms with Gasteiger partial charge in [0.05, 0.1) is 6.61 Å². The lowest BCUT2D eigenvalue weighted by Crippen LogP contribution is -2.50. The highest BCUT2D eigenvalue weighted by molar-refractivity contribution is 6.08. The minimum absolute atomic E-state index is 0.0541. The number of rotatable bonds is 7. The largest absolute Gasteiger partial charge is 0.503 e. The lowest BCUT2D eigenvalue weighted by Gasteiger charge is -2.34. The summed E-state index contributed by atoms with van der Waals surface area (Å²) in [6.45, 7) is 1.71. The summed E-state index contributed by atoms with van der Waals surface area (Å²) < 4.78 is 4.98. The molecule has 0 bridgehead atoms. The van der Waals surface area contributed by atoms with Crippen molar-refractivity contribution >= 4 is 23.3 Å². The summed E-state index contributed by atoms with van der Waals surface area (Å²) in [4.78, 5) is 39.2. The molecule has 0 aliphatic carbocycles. The zero-order valence-electron chi connectivity index (χ0n) is 16.7. The molecule has 0 aromatic heterocycles. The minimum Gasteiger partial charge on any atom is -0.503 e. The van der Waals surface area contributed by atoms with E-state index in [2.05, 4.69) is 5.32 Å². The van der Waals surface area contributed by atoms with Crippen molar-refractivity contribution in [3.8, 4) is 0 Å². The summed E-state index contributed by atoms with van der Waals surface area (Å²) in [7, 11) is 0. The molecule has 7 heteroatoms. The van der Waals surface area contributed by atoms with Crippen LogP contribution in [0.25, 0.3) is 0 Å². The number of amides is 1. The molecule has 2 atom stereocenters. The summed E-state index contributed by atoms with van der Waals surface area (Å²) in [5, 5.41) is 13.0. The van der Waals surface area contributed by atoms with Crippen LogP contribution in [0.2, 0.25) is 0 Å². The van der Waals surface area contributed by atoms with Gasteiger partial charge >= 0.3 is 5.97 Å². The standard InChI is InChI=1S/C23H24N2O5/c1-2-30-23(29)18-14-25(15-20(26)21(18)27)19(13-16-9-5-3-6-10-16)22(28)24-17-11-7-4-8-12-17/h3-12,15,18-19,26H,2,13-14H2,1H3,(H,24,28)/t18?,19-/m0/s1. The SMILES string of the molecule is CCOC(=O)C1CN([C@@H](Cc2ccccc2)C(=O)Nc2ccccc2)C=C(O)C1=O. The van der Waals surface area contributed by atoms with Gasteiger partial charge in [0, 0.05) is 24.9 Å². The summed E-state index contributed by atoms with van der Waals surface area (Å²) in [5.74, 6) is -3.48. The number of carbonyl (C=O) groups excluding carboxylic acids is 3. The van der Waals surface area contributed by atoms with Crippen LogP contribution < -0.4 is 5.32 Å². The fraction of sp³-hybridized carbons (Fsp3) is 0.261. The zero-order chi connectivity index (χ0) is 21.5. The van der Waals surface area contributed by atoms with Gasteiger partial charge in [0.15, 0.2) is 5.76 Å². The molecule has 0 spiro atoms. The first kappa shape index (κ1) is 21.1. The summed E-state index contributed by atoms with van der Waals surface area (Å²) >= 11 is 0. The number of anilines is 1. The van der Waals surface area contributed by atoms with Crippen LogP contribution in [-0.2, 0) is 25.5 Å². The maximum absolute atomic E-state index is 13.1. The van der Waals surface area contributed by atoms with Crippen molar-refractivity contribution in [1.29, 1.82) is 0 Å². The van der Waals surface area contributed by atoms with Gasteiger partial charge in [-0.1, -0.05) is 48.5 Å². The van der Waals surface area contributed by atoms with E-state index in [1.807, 2.05) is 48.5 Å². The molecule has 1 aliphatic heterocycles. The number of nitrogens with one attached hydrogen (secondary N) is 1. The fourth-order valence-corrected chi connectivity index (χ4v) is 3.33. The highest BCUT2D eigenvalue weighted by Gasteiger charge is 2.39. The molecule has 0 saturated heterocycles. The number of aliphatic hydroxyl groups is 1. The van der Waals surface area contributed by atoms with Gasteiger partial charge in [0.2, 0.25) is 11.7 Å². The van der Waals surface area contributed by atoms with Crippen molar-refractivity contribution in [2.75, 3.05) is 18.5 Å². The number of hydrogen-bond acceptors (Lipinski definition) is 6.